The number of methoxy groups -OCH3 is 1. The van der Waals surface area contributed by atoms with Crippen molar-refractivity contribution in [1.82, 2.24) is 0 Å². The van der Waals surface area contributed by atoms with E-state index >= 15 is 0 Å². The highest BCUT2D eigenvalue weighted by atomic mass is 16.5. The van der Waals surface area contributed by atoms with Crippen LogP contribution in [0.4, 0.5) is 0 Å². The Hall–Kier alpha value is -2.29. The van der Waals surface area contributed by atoms with Crippen molar-refractivity contribution in [3.63, 3.8) is 0 Å². The van der Waals surface area contributed by atoms with Crippen molar-refractivity contribution in [2.45, 2.75) is 45.1 Å². The molecule has 0 heterocycles. The van der Waals surface area contributed by atoms with Gasteiger partial charge in [0.15, 0.2) is 11.5 Å². The number of Topliss-reactive ketones (excluding diaryl/α,β-unsaturated/α-hetero) is 1. The lowest BCUT2D eigenvalue weighted by Gasteiger charge is -2.16. The topological polar surface area (TPSA) is 35.5 Å². The summed E-state index contributed by atoms with van der Waals surface area (Å²) < 4.78 is 11.5. The number of ketones is 1. The Bertz CT molecular complexity index is 708. The first-order valence-electron chi connectivity index (χ1n) is 9.00. The van der Waals surface area contributed by atoms with Gasteiger partial charge in [0, 0.05) is 6.42 Å². The summed E-state index contributed by atoms with van der Waals surface area (Å²) in [5.74, 6) is 2.90. The number of hydrogen-bond donors (Lipinski definition) is 0. The lowest BCUT2D eigenvalue weighted by atomic mass is 9.94. The molecular formula is C22H26O3. The van der Waals surface area contributed by atoms with Crippen LogP contribution < -0.4 is 9.47 Å². The molecule has 1 aliphatic rings. The lowest BCUT2D eigenvalue weighted by molar-refractivity contribution is -0.117. The largest absolute Gasteiger partial charge is 0.493 e. The maximum atomic E-state index is 11.3. The number of hydrogen-bond acceptors (Lipinski definition) is 3. The van der Waals surface area contributed by atoms with E-state index in [1.54, 1.807) is 14.0 Å². The van der Waals surface area contributed by atoms with Crippen molar-refractivity contribution in [1.29, 1.82) is 0 Å². The van der Waals surface area contributed by atoms with Crippen LogP contribution in [0.15, 0.2) is 48.5 Å². The summed E-state index contributed by atoms with van der Waals surface area (Å²) in [5.41, 5.74) is 2.42. The summed E-state index contributed by atoms with van der Waals surface area (Å²) in [6, 6.07) is 16.4. The second-order valence-electron chi connectivity index (χ2n) is 6.97. The van der Waals surface area contributed by atoms with E-state index in [1.165, 1.54) is 5.56 Å². The van der Waals surface area contributed by atoms with Gasteiger partial charge in [-0.1, -0.05) is 36.4 Å². The highest BCUT2D eigenvalue weighted by Gasteiger charge is 2.27. The average molecular weight is 338 g/mol. The summed E-state index contributed by atoms with van der Waals surface area (Å²) in [5, 5.41) is 0. The molecule has 0 aromatic heterocycles. The Morgan fingerprint density at radius 2 is 1.88 bits per heavy atom. The molecule has 2 unspecified atom stereocenters. The number of rotatable bonds is 7. The molecule has 0 spiro atoms. The minimum atomic E-state index is 0.299. The summed E-state index contributed by atoms with van der Waals surface area (Å²) >= 11 is 0. The molecule has 0 aliphatic heterocycles. The second kappa shape index (κ2) is 8.19. The van der Waals surface area contributed by atoms with Gasteiger partial charge in [0.1, 0.15) is 12.4 Å². The molecule has 25 heavy (non-hydrogen) atoms. The molecule has 1 fully saturated rings. The maximum Gasteiger partial charge on any atom is 0.161 e. The van der Waals surface area contributed by atoms with Crippen molar-refractivity contribution >= 4 is 5.78 Å². The Morgan fingerprint density at radius 1 is 1.08 bits per heavy atom. The fraction of sp³-hybridized carbons (Fsp3) is 0.409. The predicted molar refractivity (Wildman–Crippen MR) is 99.1 cm³/mol. The van der Waals surface area contributed by atoms with E-state index in [4.69, 9.17) is 9.47 Å². The third-order valence-electron chi connectivity index (χ3n) is 5.01. The van der Waals surface area contributed by atoms with Crippen LogP contribution in [0.2, 0.25) is 0 Å². The molecule has 2 atom stereocenters. The Balaban J connectivity index is 1.66. The van der Waals surface area contributed by atoms with Gasteiger partial charge in [-0.25, -0.2) is 0 Å². The lowest BCUT2D eigenvalue weighted by Crippen LogP contribution is -2.02. The van der Waals surface area contributed by atoms with E-state index in [9.17, 15) is 4.79 Å². The van der Waals surface area contributed by atoms with E-state index in [0.717, 1.165) is 36.3 Å². The first-order valence-corrected chi connectivity index (χ1v) is 9.00. The molecule has 2 aromatic carbocycles. The van der Waals surface area contributed by atoms with Crippen LogP contribution in [0.1, 0.15) is 49.7 Å². The second-order valence-corrected chi connectivity index (χ2v) is 6.97. The van der Waals surface area contributed by atoms with Crippen molar-refractivity contribution in [2.24, 2.45) is 5.92 Å². The summed E-state index contributed by atoms with van der Waals surface area (Å²) in [7, 11) is 1.68. The maximum absolute atomic E-state index is 11.3. The standard InChI is InChI=1S/C22H26O3/c1-16(23)12-18-8-9-19(13-18)20-10-11-21(22(14-20)24-2)25-15-17-6-4-3-5-7-17/h3-7,10-11,14,18-19H,8-9,12-13,15H2,1-2H3. The SMILES string of the molecule is COc1cc(C2CCC(CC(C)=O)C2)ccc1OCc1ccccc1. The third kappa shape index (κ3) is 4.62. The minimum Gasteiger partial charge on any atom is -0.493 e. The number of benzene rings is 2. The van der Waals surface area contributed by atoms with Crippen LogP contribution in [0.25, 0.3) is 0 Å². The van der Waals surface area contributed by atoms with E-state index in [1.807, 2.05) is 24.3 Å². The molecule has 1 aliphatic carbocycles. The highest BCUT2D eigenvalue weighted by molar-refractivity contribution is 5.75. The minimum absolute atomic E-state index is 0.299. The van der Waals surface area contributed by atoms with Crippen molar-refractivity contribution in [3.05, 3.63) is 59.7 Å². The van der Waals surface area contributed by atoms with Gasteiger partial charge in [-0.3, -0.25) is 0 Å². The van der Waals surface area contributed by atoms with Gasteiger partial charge in [-0.2, -0.15) is 0 Å². The quantitative estimate of drug-likeness (QED) is 0.701. The van der Waals surface area contributed by atoms with Gasteiger partial charge in [-0.05, 0) is 61.3 Å². The van der Waals surface area contributed by atoms with Gasteiger partial charge >= 0.3 is 0 Å². The molecule has 0 saturated heterocycles. The third-order valence-corrected chi connectivity index (χ3v) is 5.01. The molecular weight excluding hydrogens is 312 g/mol. The van der Waals surface area contributed by atoms with Crippen molar-refractivity contribution in [3.8, 4) is 11.5 Å². The molecule has 1 saturated carbocycles. The summed E-state index contributed by atoms with van der Waals surface area (Å²) in [6.07, 6.45) is 4.09. The van der Waals surface area contributed by atoms with E-state index in [0.29, 0.717) is 30.6 Å². The van der Waals surface area contributed by atoms with E-state index < -0.39 is 0 Å². The van der Waals surface area contributed by atoms with Gasteiger partial charge in [-0.15, -0.1) is 0 Å². The first-order chi connectivity index (χ1) is 12.2. The highest BCUT2D eigenvalue weighted by Crippen LogP contribution is 2.42. The molecule has 0 bridgehead atoms. The molecule has 0 radical (unpaired) electrons. The summed E-state index contributed by atoms with van der Waals surface area (Å²) in [4.78, 5) is 11.3. The average Bonchev–Trinajstić information content (AvgIpc) is 3.08. The van der Waals surface area contributed by atoms with Crippen LogP contribution in [0, 0.1) is 5.92 Å². The van der Waals surface area contributed by atoms with Gasteiger partial charge in [0.2, 0.25) is 0 Å². The van der Waals surface area contributed by atoms with Crippen LogP contribution in [-0.4, -0.2) is 12.9 Å². The van der Waals surface area contributed by atoms with Gasteiger partial charge < -0.3 is 14.3 Å². The van der Waals surface area contributed by atoms with Crippen LogP contribution >= 0.6 is 0 Å². The Kier molecular flexibility index (Phi) is 5.75. The molecule has 0 N–H and O–H groups in total. The van der Waals surface area contributed by atoms with Crippen LogP contribution in [0.3, 0.4) is 0 Å². The zero-order chi connectivity index (χ0) is 17.6. The van der Waals surface area contributed by atoms with Gasteiger partial charge in [0.05, 0.1) is 7.11 Å². The fourth-order valence-electron chi connectivity index (χ4n) is 3.76. The Morgan fingerprint density at radius 3 is 2.60 bits per heavy atom. The van der Waals surface area contributed by atoms with E-state index in [2.05, 4.69) is 24.3 Å². The van der Waals surface area contributed by atoms with Crippen LogP contribution in [-0.2, 0) is 11.4 Å². The molecule has 3 nitrogen and oxygen atoms in total. The normalized spacial score (nSPS) is 19.6. The molecule has 2 aromatic rings. The van der Waals surface area contributed by atoms with Crippen molar-refractivity contribution in [2.75, 3.05) is 7.11 Å². The number of carbonyl (C=O) groups excluding carboxylic acids is 1. The zero-order valence-corrected chi connectivity index (χ0v) is 15.0. The Labute approximate surface area is 150 Å². The molecule has 0 amide bonds. The van der Waals surface area contributed by atoms with Crippen LogP contribution in [0.5, 0.6) is 11.5 Å². The van der Waals surface area contributed by atoms with Crippen molar-refractivity contribution < 1.29 is 14.3 Å². The van der Waals surface area contributed by atoms with Gasteiger partial charge in [0.25, 0.3) is 0 Å². The monoisotopic (exact) mass is 338 g/mol. The first kappa shape index (κ1) is 17.5. The molecule has 3 heteroatoms. The smallest absolute Gasteiger partial charge is 0.161 e. The molecule has 132 valence electrons. The summed E-state index contributed by atoms with van der Waals surface area (Å²) in [6.45, 7) is 2.22. The number of carbonyl (C=O) groups is 1. The predicted octanol–water partition coefficient (Wildman–Crippen LogP) is 5.14. The molecule has 3 rings (SSSR count). The van der Waals surface area contributed by atoms with E-state index in [-0.39, 0.29) is 0 Å². The fourth-order valence-corrected chi connectivity index (χ4v) is 3.76. The zero-order valence-electron chi connectivity index (χ0n) is 15.0. The number of ether oxygens (including phenoxy) is 2.